The minimum absolute atomic E-state index is 0.0799. The third-order valence-electron chi connectivity index (χ3n) is 3.66. The minimum atomic E-state index is -0.398. The number of nitrogens with zero attached hydrogens (tertiary/aromatic N) is 1. The third kappa shape index (κ3) is 2.76. The fourth-order valence-corrected chi connectivity index (χ4v) is 2.48. The monoisotopic (exact) mass is 293 g/mol. The maximum absolute atomic E-state index is 10.8. The van der Waals surface area contributed by atoms with Crippen LogP contribution in [0.5, 0.6) is 5.75 Å². The van der Waals surface area contributed by atoms with Crippen LogP contribution in [0, 0.1) is 17.0 Å². The molecule has 0 aliphatic carbocycles. The molecule has 4 nitrogen and oxygen atoms in total. The van der Waals surface area contributed by atoms with Gasteiger partial charge >= 0.3 is 0 Å². The molecule has 0 saturated carbocycles. The topological polar surface area (TPSA) is 52.4 Å². The van der Waals surface area contributed by atoms with Crippen molar-refractivity contribution in [2.75, 3.05) is 0 Å². The molecule has 22 heavy (non-hydrogen) atoms. The number of fused-ring (bicyclic) bond motifs is 1. The van der Waals surface area contributed by atoms with Crippen molar-refractivity contribution in [3.8, 4) is 5.75 Å². The molecule has 0 aromatic heterocycles. The van der Waals surface area contributed by atoms with Crippen LogP contribution in [0.3, 0.4) is 0 Å². The van der Waals surface area contributed by atoms with Crippen molar-refractivity contribution >= 4 is 16.5 Å². The van der Waals surface area contributed by atoms with Crippen LogP contribution in [0.1, 0.15) is 11.1 Å². The van der Waals surface area contributed by atoms with Crippen LogP contribution in [0.4, 0.5) is 5.69 Å². The highest BCUT2D eigenvalue weighted by molar-refractivity contribution is 5.87. The first-order chi connectivity index (χ1) is 10.6. The quantitative estimate of drug-likeness (QED) is 0.520. The third-order valence-corrected chi connectivity index (χ3v) is 3.66. The fourth-order valence-electron chi connectivity index (χ4n) is 2.48. The highest BCUT2D eigenvalue weighted by atomic mass is 16.6. The van der Waals surface area contributed by atoms with Crippen LogP contribution in [0.25, 0.3) is 10.8 Å². The van der Waals surface area contributed by atoms with Gasteiger partial charge in [0, 0.05) is 12.1 Å². The second-order valence-corrected chi connectivity index (χ2v) is 5.13. The van der Waals surface area contributed by atoms with E-state index >= 15 is 0 Å². The van der Waals surface area contributed by atoms with Crippen molar-refractivity contribution in [3.05, 3.63) is 81.9 Å². The Morgan fingerprint density at radius 1 is 1.05 bits per heavy atom. The van der Waals surface area contributed by atoms with E-state index in [4.69, 9.17) is 4.74 Å². The number of hydrogen-bond acceptors (Lipinski definition) is 3. The molecule has 0 aliphatic rings. The van der Waals surface area contributed by atoms with Crippen LogP contribution in [-0.2, 0) is 6.61 Å². The summed E-state index contributed by atoms with van der Waals surface area (Å²) >= 11 is 0. The van der Waals surface area contributed by atoms with E-state index in [1.165, 1.54) is 17.5 Å². The Balaban J connectivity index is 1.83. The van der Waals surface area contributed by atoms with E-state index in [0.717, 1.165) is 22.3 Å². The van der Waals surface area contributed by atoms with Crippen molar-refractivity contribution in [2.45, 2.75) is 13.5 Å². The summed E-state index contributed by atoms with van der Waals surface area (Å²) in [6.45, 7) is 2.33. The summed E-state index contributed by atoms with van der Waals surface area (Å²) in [5.41, 5.74) is 1.93. The van der Waals surface area contributed by atoms with Crippen molar-refractivity contribution < 1.29 is 9.66 Å². The summed E-state index contributed by atoms with van der Waals surface area (Å²) in [7, 11) is 0. The van der Waals surface area contributed by atoms with Crippen molar-refractivity contribution in [1.82, 2.24) is 0 Å². The summed E-state index contributed by atoms with van der Waals surface area (Å²) in [6, 6.07) is 18.6. The summed E-state index contributed by atoms with van der Waals surface area (Å²) in [5.74, 6) is 0.796. The Morgan fingerprint density at radius 3 is 2.68 bits per heavy atom. The molecule has 3 aromatic rings. The zero-order valence-corrected chi connectivity index (χ0v) is 12.2. The van der Waals surface area contributed by atoms with Gasteiger partial charge in [0.25, 0.3) is 5.69 Å². The Bertz CT molecular complexity index is 843. The lowest BCUT2D eigenvalue weighted by atomic mass is 10.0. The number of nitro groups is 1. The number of nitro benzene ring substituents is 1. The minimum Gasteiger partial charge on any atom is -0.489 e. The second-order valence-electron chi connectivity index (χ2n) is 5.13. The molecule has 0 spiro atoms. The van der Waals surface area contributed by atoms with Gasteiger partial charge in [-0.05, 0) is 34.9 Å². The van der Waals surface area contributed by atoms with E-state index in [1.807, 2.05) is 37.3 Å². The highest BCUT2D eigenvalue weighted by Gasteiger charge is 2.08. The molecule has 3 aromatic carbocycles. The Morgan fingerprint density at radius 2 is 1.86 bits per heavy atom. The average Bonchev–Trinajstić information content (AvgIpc) is 2.55. The molecular weight excluding hydrogens is 278 g/mol. The van der Waals surface area contributed by atoms with E-state index in [2.05, 4.69) is 12.1 Å². The molecule has 0 aliphatic heterocycles. The lowest BCUT2D eigenvalue weighted by Crippen LogP contribution is -1.98. The molecule has 110 valence electrons. The lowest BCUT2D eigenvalue weighted by Gasteiger charge is -2.11. The number of benzene rings is 3. The van der Waals surface area contributed by atoms with Gasteiger partial charge in [-0.1, -0.05) is 42.5 Å². The predicted octanol–water partition coefficient (Wildman–Crippen LogP) is 4.64. The fraction of sp³-hybridized carbons (Fsp3) is 0.111. The summed E-state index contributed by atoms with van der Waals surface area (Å²) in [4.78, 5) is 10.4. The molecule has 3 rings (SSSR count). The van der Waals surface area contributed by atoms with Crippen LogP contribution in [-0.4, -0.2) is 4.92 Å². The number of hydrogen-bond donors (Lipinski definition) is 0. The van der Waals surface area contributed by atoms with E-state index < -0.39 is 4.92 Å². The molecule has 4 heteroatoms. The van der Waals surface area contributed by atoms with Gasteiger partial charge in [0.2, 0.25) is 0 Å². The Hall–Kier alpha value is -2.88. The maximum Gasteiger partial charge on any atom is 0.269 e. The van der Waals surface area contributed by atoms with Crippen molar-refractivity contribution in [1.29, 1.82) is 0 Å². The van der Waals surface area contributed by atoms with Gasteiger partial charge in [-0.2, -0.15) is 0 Å². The molecule has 0 N–H and O–H groups in total. The van der Waals surface area contributed by atoms with E-state index in [-0.39, 0.29) is 5.69 Å². The van der Waals surface area contributed by atoms with Crippen molar-refractivity contribution in [3.63, 3.8) is 0 Å². The standard InChI is InChI=1S/C18H15NO3/c1-13-17-8-3-2-6-15(17)9-10-18(13)22-12-14-5-4-7-16(11-14)19(20)21/h2-11H,12H2,1H3. The SMILES string of the molecule is Cc1c(OCc2cccc([N+](=O)[O-])c2)ccc2ccccc12. The second kappa shape index (κ2) is 5.85. The summed E-state index contributed by atoms with van der Waals surface area (Å²) in [6.07, 6.45) is 0. The molecule has 0 fully saturated rings. The van der Waals surface area contributed by atoms with Gasteiger partial charge in [-0.3, -0.25) is 10.1 Å². The molecule has 0 saturated heterocycles. The zero-order valence-electron chi connectivity index (χ0n) is 12.2. The number of rotatable bonds is 4. The normalized spacial score (nSPS) is 10.6. The van der Waals surface area contributed by atoms with E-state index in [9.17, 15) is 10.1 Å². The predicted molar refractivity (Wildman–Crippen MR) is 86.1 cm³/mol. The molecule has 0 bridgehead atoms. The van der Waals surface area contributed by atoms with Crippen molar-refractivity contribution in [2.24, 2.45) is 0 Å². The van der Waals surface area contributed by atoms with Crippen LogP contribution in [0.2, 0.25) is 0 Å². The first-order valence-electron chi connectivity index (χ1n) is 6.99. The molecule has 0 heterocycles. The Kier molecular flexibility index (Phi) is 3.74. The first-order valence-corrected chi connectivity index (χ1v) is 6.99. The first kappa shape index (κ1) is 14.1. The molecule has 0 amide bonds. The van der Waals surface area contributed by atoms with Crippen LogP contribution < -0.4 is 4.74 Å². The molecule has 0 radical (unpaired) electrons. The van der Waals surface area contributed by atoms with Gasteiger partial charge < -0.3 is 4.74 Å². The molecule has 0 unspecified atom stereocenters. The highest BCUT2D eigenvalue weighted by Crippen LogP contribution is 2.27. The average molecular weight is 293 g/mol. The maximum atomic E-state index is 10.8. The molecular formula is C18H15NO3. The molecule has 0 atom stereocenters. The zero-order chi connectivity index (χ0) is 15.5. The van der Waals surface area contributed by atoms with Gasteiger partial charge in [-0.15, -0.1) is 0 Å². The number of aryl methyl sites for hydroxylation is 1. The lowest BCUT2D eigenvalue weighted by molar-refractivity contribution is -0.384. The smallest absolute Gasteiger partial charge is 0.269 e. The Labute approximate surface area is 128 Å². The van der Waals surface area contributed by atoms with Crippen LogP contribution >= 0.6 is 0 Å². The van der Waals surface area contributed by atoms with E-state index in [1.54, 1.807) is 6.07 Å². The summed E-state index contributed by atoms with van der Waals surface area (Å²) in [5, 5.41) is 13.1. The van der Waals surface area contributed by atoms with Gasteiger partial charge in [0.05, 0.1) is 4.92 Å². The number of non-ortho nitro benzene ring substituents is 1. The van der Waals surface area contributed by atoms with Crippen LogP contribution in [0.15, 0.2) is 60.7 Å². The summed E-state index contributed by atoms with van der Waals surface area (Å²) < 4.78 is 5.84. The number of ether oxygens (including phenoxy) is 1. The largest absolute Gasteiger partial charge is 0.489 e. The van der Waals surface area contributed by atoms with E-state index in [0.29, 0.717) is 6.61 Å². The van der Waals surface area contributed by atoms with Gasteiger partial charge in [0.15, 0.2) is 0 Å². The van der Waals surface area contributed by atoms with Gasteiger partial charge in [0.1, 0.15) is 12.4 Å². The van der Waals surface area contributed by atoms with Gasteiger partial charge in [-0.25, -0.2) is 0 Å².